The van der Waals surface area contributed by atoms with E-state index in [1.165, 1.54) is 4.90 Å². The fourth-order valence-corrected chi connectivity index (χ4v) is 1.77. The standard InChI is InChI=1S/C14H21ClN4O2/c1-18(2)14(21)9-19(3)7-6-13(20)17-12-8-10(15)4-5-11(12)16/h4-5,8H,6-7,9,16H2,1-3H3,(H,17,20). The van der Waals surface area contributed by atoms with Crippen LogP contribution >= 0.6 is 11.6 Å². The Morgan fingerprint density at radius 3 is 2.57 bits per heavy atom. The molecule has 6 nitrogen and oxygen atoms in total. The van der Waals surface area contributed by atoms with Crippen LogP contribution in [0.4, 0.5) is 11.4 Å². The second-order valence-corrected chi connectivity index (χ2v) is 5.49. The number of nitrogens with one attached hydrogen (secondary N) is 1. The van der Waals surface area contributed by atoms with Crippen LogP contribution in [0.2, 0.25) is 5.02 Å². The SMILES string of the molecule is CN(CCC(=O)Nc1cc(Cl)ccc1N)CC(=O)N(C)C. The number of hydrogen-bond acceptors (Lipinski definition) is 4. The molecular formula is C14H21ClN4O2. The molecule has 0 saturated heterocycles. The molecule has 0 radical (unpaired) electrons. The molecule has 0 bridgehead atoms. The van der Waals surface area contributed by atoms with Crippen molar-refractivity contribution < 1.29 is 9.59 Å². The van der Waals surface area contributed by atoms with Gasteiger partial charge in [-0.15, -0.1) is 0 Å². The van der Waals surface area contributed by atoms with Crippen LogP contribution in [0.1, 0.15) is 6.42 Å². The van der Waals surface area contributed by atoms with Gasteiger partial charge in [0.2, 0.25) is 11.8 Å². The molecule has 0 unspecified atom stereocenters. The summed E-state index contributed by atoms with van der Waals surface area (Å²) in [6.45, 7) is 0.755. The normalized spacial score (nSPS) is 10.5. The molecule has 1 rings (SSSR count). The maximum absolute atomic E-state index is 11.9. The first-order valence-corrected chi connectivity index (χ1v) is 6.91. The molecule has 0 atom stereocenters. The number of benzene rings is 1. The molecule has 0 aliphatic carbocycles. The first-order valence-electron chi connectivity index (χ1n) is 6.53. The van der Waals surface area contributed by atoms with Gasteiger partial charge in [0.05, 0.1) is 17.9 Å². The lowest BCUT2D eigenvalue weighted by atomic mass is 10.2. The van der Waals surface area contributed by atoms with Crippen LogP contribution in [-0.2, 0) is 9.59 Å². The van der Waals surface area contributed by atoms with Gasteiger partial charge in [-0.2, -0.15) is 0 Å². The summed E-state index contributed by atoms with van der Waals surface area (Å²) < 4.78 is 0. The third kappa shape index (κ3) is 6.01. The minimum absolute atomic E-state index is 0.00278. The maximum Gasteiger partial charge on any atom is 0.236 e. The summed E-state index contributed by atoms with van der Waals surface area (Å²) in [5.41, 5.74) is 6.72. The van der Waals surface area contributed by atoms with E-state index in [0.29, 0.717) is 22.9 Å². The number of carbonyl (C=O) groups is 2. The third-order valence-corrected chi connectivity index (χ3v) is 3.15. The lowest BCUT2D eigenvalue weighted by Crippen LogP contribution is -2.35. The molecule has 116 valence electrons. The molecule has 0 aromatic heterocycles. The second kappa shape index (κ2) is 7.85. The highest BCUT2D eigenvalue weighted by molar-refractivity contribution is 6.31. The first-order chi connectivity index (χ1) is 9.79. The van der Waals surface area contributed by atoms with Gasteiger partial charge >= 0.3 is 0 Å². The van der Waals surface area contributed by atoms with E-state index in [2.05, 4.69) is 5.32 Å². The predicted octanol–water partition coefficient (Wildman–Crippen LogP) is 1.27. The Hall–Kier alpha value is -1.79. The first kappa shape index (κ1) is 17.3. The fraction of sp³-hybridized carbons (Fsp3) is 0.429. The second-order valence-electron chi connectivity index (χ2n) is 5.06. The largest absolute Gasteiger partial charge is 0.397 e. The van der Waals surface area contributed by atoms with Crippen LogP contribution in [0.3, 0.4) is 0 Å². The van der Waals surface area contributed by atoms with Gasteiger partial charge in [0.25, 0.3) is 0 Å². The van der Waals surface area contributed by atoms with Crippen LogP contribution in [0, 0.1) is 0 Å². The topological polar surface area (TPSA) is 78.7 Å². The highest BCUT2D eigenvalue weighted by Gasteiger charge is 2.11. The van der Waals surface area contributed by atoms with Gasteiger partial charge in [-0.3, -0.25) is 14.5 Å². The molecule has 0 aliphatic heterocycles. The van der Waals surface area contributed by atoms with Crippen LogP contribution in [0.15, 0.2) is 18.2 Å². The summed E-state index contributed by atoms with van der Waals surface area (Å²) >= 11 is 5.86. The highest BCUT2D eigenvalue weighted by atomic mass is 35.5. The monoisotopic (exact) mass is 312 g/mol. The number of nitrogens with two attached hydrogens (primary N) is 1. The average molecular weight is 313 g/mol. The van der Waals surface area contributed by atoms with E-state index in [4.69, 9.17) is 17.3 Å². The van der Waals surface area contributed by atoms with Crippen molar-refractivity contribution in [3.05, 3.63) is 23.2 Å². The number of halogens is 1. The molecule has 0 aliphatic rings. The Morgan fingerprint density at radius 1 is 1.29 bits per heavy atom. The van der Waals surface area contributed by atoms with Gasteiger partial charge in [-0.25, -0.2) is 0 Å². The summed E-state index contributed by atoms with van der Waals surface area (Å²) in [6.07, 6.45) is 0.267. The Kier molecular flexibility index (Phi) is 6.45. The van der Waals surface area contributed by atoms with E-state index in [9.17, 15) is 9.59 Å². The van der Waals surface area contributed by atoms with Crippen molar-refractivity contribution in [3.63, 3.8) is 0 Å². The van der Waals surface area contributed by atoms with E-state index in [-0.39, 0.29) is 24.8 Å². The number of anilines is 2. The van der Waals surface area contributed by atoms with Gasteiger partial charge in [0, 0.05) is 32.1 Å². The maximum atomic E-state index is 11.9. The molecule has 3 N–H and O–H groups in total. The van der Waals surface area contributed by atoms with Gasteiger partial charge < -0.3 is 16.0 Å². The van der Waals surface area contributed by atoms with Crippen LogP contribution in [0.25, 0.3) is 0 Å². The van der Waals surface area contributed by atoms with E-state index < -0.39 is 0 Å². The van der Waals surface area contributed by atoms with E-state index in [1.54, 1.807) is 44.2 Å². The molecule has 0 saturated carbocycles. The van der Waals surface area contributed by atoms with Crippen LogP contribution in [-0.4, -0.2) is 55.8 Å². The number of hydrogen-bond donors (Lipinski definition) is 2. The minimum Gasteiger partial charge on any atom is -0.397 e. The van der Waals surface area contributed by atoms with Gasteiger partial charge in [0.1, 0.15) is 0 Å². The number of amides is 2. The van der Waals surface area contributed by atoms with E-state index in [0.717, 1.165) is 0 Å². The van der Waals surface area contributed by atoms with Crippen molar-refractivity contribution in [2.24, 2.45) is 0 Å². The number of nitrogens with zero attached hydrogens (tertiary/aromatic N) is 2. The fourth-order valence-electron chi connectivity index (χ4n) is 1.59. The van der Waals surface area contributed by atoms with Gasteiger partial charge in [-0.1, -0.05) is 11.6 Å². The zero-order chi connectivity index (χ0) is 16.0. The molecule has 7 heteroatoms. The quantitative estimate of drug-likeness (QED) is 0.775. The van der Waals surface area contributed by atoms with Crippen molar-refractivity contribution in [1.29, 1.82) is 0 Å². The average Bonchev–Trinajstić information content (AvgIpc) is 2.40. The molecular weight excluding hydrogens is 292 g/mol. The van der Waals surface area contributed by atoms with Gasteiger partial charge in [-0.05, 0) is 25.2 Å². The molecule has 0 heterocycles. The van der Waals surface area contributed by atoms with E-state index in [1.807, 2.05) is 0 Å². The Bertz CT molecular complexity index is 520. The number of nitrogen functional groups attached to an aromatic ring is 1. The minimum atomic E-state index is -0.173. The molecule has 1 aromatic carbocycles. The summed E-state index contributed by atoms with van der Waals surface area (Å²) in [5.74, 6) is -0.176. The molecule has 1 aromatic rings. The zero-order valence-electron chi connectivity index (χ0n) is 12.5. The van der Waals surface area contributed by atoms with Crippen molar-refractivity contribution in [1.82, 2.24) is 9.80 Å². The molecule has 0 fully saturated rings. The Morgan fingerprint density at radius 2 is 1.95 bits per heavy atom. The lowest BCUT2D eigenvalue weighted by Gasteiger charge is -2.18. The summed E-state index contributed by atoms with van der Waals surface area (Å²) in [5, 5.41) is 3.22. The summed E-state index contributed by atoms with van der Waals surface area (Å²) in [6, 6.07) is 4.90. The Labute approximate surface area is 129 Å². The van der Waals surface area contributed by atoms with E-state index >= 15 is 0 Å². The highest BCUT2D eigenvalue weighted by Crippen LogP contribution is 2.22. The number of rotatable bonds is 6. The summed E-state index contributed by atoms with van der Waals surface area (Å²) in [7, 11) is 5.19. The van der Waals surface area contributed by atoms with Crippen molar-refractivity contribution in [3.8, 4) is 0 Å². The van der Waals surface area contributed by atoms with Crippen molar-refractivity contribution in [2.45, 2.75) is 6.42 Å². The van der Waals surface area contributed by atoms with Gasteiger partial charge in [0.15, 0.2) is 0 Å². The number of carbonyl (C=O) groups excluding carboxylic acids is 2. The summed E-state index contributed by atoms with van der Waals surface area (Å²) in [4.78, 5) is 26.7. The third-order valence-electron chi connectivity index (χ3n) is 2.91. The molecule has 21 heavy (non-hydrogen) atoms. The van der Waals surface area contributed by atoms with Crippen LogP contribution < -0.4 is 11.1 Å². The Balaban J connectivity index is 2.44. The lowest BCUT2D eigenvalue weighted by molar-refractivity contribution is -0.130. The predicted molar refractivity (Wildman–Crippen MR) is 85.3 cm³/mol. The smallest absolute Gasteiger partial charge is 0.236 e. The van der Waals surface area contributed by atoms with Crippen molar-refractivity contribution in [2.75, 3.05) is 45.3 Å². The molecule has 0 spiro atoms. The zero-order valence-corrected chi connectivity index (χ0v) is 13.3. The van der Waals surface area contributed by atoms with Crippen molar-refractivity contribution >= 4 is 34.8 Å². The number of likely N-dealkylation sites (N-methyl/N-ethyl adjacent to an activating group) is 2. The van der Waals surface area contributed by atoms with Crippen LogP contribution in [0.5, 0.6) is 0 Å². The molecule has 2 amide bonds.